The number of hydrogen-bond donors (Lipinski definition) is 2. The van der Waals surface area contributed by atoms with Crippen LogP contribution >= 0.6 is 0 Å². The van der Waals surface area contributed by atoms with Crippen molar-refractivity contribution in [3.63, 3.8) is 0 Å². The maximum absolute atomic E-state index is 12.7. The fraction of sp³-hybridized carbons (Fsp3) is 0.150. The Bertz CT molecular complexity index is 1250. The van der Waals surface area contributed by atoms with Gasteiger partial charge in [0.25, 0.3) is 11.8 Å². The fourth-order valence-electron chi connectivity index (χ4n) is 3.32. The molecule has 3 aromatic rings. The van der Waals surface area contributed by atoms with Gasteiger partial charge >= 0.3 is 0 Å². The minimum atomic E-state index is -3.89. The number of sulfonamides is 1. The average Bonchev–Trinajstić information content (AvgIpc) is 3.16. The Hall–Kier alpha value is -3.30. The second-order valence-corrected chi connectivity index (χ2v) is 8.48. The molecule has 2 N–H and O–H groups in total. The zero-order valence-corrected chi connectivity index (χ0v) is 16.6. The van der Waals surface area contributed by atoms with Crippen LogP contribution in [0, 0.1) is 13.8 Å². The Morgan fingerprint density at radius 1 is 1.00 bits per heavy atom. The smallest absolute Gasteiger partial charge is 0.258 e. The number of rotatable bonds is 5. The van der Waals surface area contributed by atoms with Gasteiger partial charge in [0.05, 0.1) is 27.4 Å². The Morgan fingerprint density at radius 2 is 1.69 bits per heavy atom. The zero-order chi connectivity index (χ0) is 20.8. The van der Waals surface area contributed by atoms with Crippen molar-refractivity contribution in [3.05, 3.63) is 76.6 Å². The van der Waals surface area contributed by atoms with E-state index in [-0.39, 0.29) is 22.6 Å². The van der Waals surface area contributed by atoms with Crippen LogP contribution in [-0.4, -0.2) is 30.0 Å². The molecule has 9 heteroatoms. The van der Waals surface area contributed by atoms with Crippen LogP contribution in [0.15, 0.2) is 53.4 Å². The van der Waals surface area contributed by atoms with Crippen molar-refractivity contribution in [2.75, 3.05) is 0 Å². The van der Waals surface area contributed by atoms with E-state index in [1.54, 1.807) is 4.68 Å². The third kappa shape index (κ3) is 3.34. The van der Waals surface area contributed by atoms with Crippen LogP contribution in [0.2, 0.25) is 0 Å². The molecular formula is C20H18N4O4S. The number of aromatic nitrogens is 2. The molecule has 0 saturated carbocycles. The van der Waals surface area contributed by atoms with Gasteiger partial charge in [-0.2, -0.15) is 5.10 Å². The molecule has 0 atom stereocenters. The summed E-state index contributed by atoms with van der Waals surface area (Å²) in [5.41, 5.74) is 3.43. The van der Waals surface area contributed by atoms with E-state index in [1.807, 2.05) is 44.2 Å². The van der Waals surface area contributed by atoms with Gasteiger partial charge in [-0.1, -0.05) is 18.2 Å². The predicted molar refractivity (Wildman–Crippen MR) is 105 cm³/mol. The summed E-state index contributed by atoms with van der Waals surface area (Å²) in [5, 5.41) is 6.66. The number of nitrogens with one attached hydrogen (secondary N) is 2. The lowest BCUT2D eigenvalue weighted by atomic mass is 10.1. The highest BCUT2D eigenvalue weighted by Crippen LogP contribution is 2.22. The molecule has 0 aliphatic carbocycles. The molecule has 29 heavy (non-hydrogen) atoms. The van der Waals surface area contributed by atoms with Crippen LogP contribution in [0.1, 0.15) is 37.7 Å². The number of amides is 2. The Labute approximate surface area is 167 Å². The normalized spacial score (nSPS) is 13.4. The first-order valence-electron chi connectivity index (χ1n) is 8.88. The maximum atomic E-state index is 12.7. The van der Waals surface area contributed by atoms with Gasteiger partial charge in [0, 0.05) is 17.8 Å². The number of carbonyl (C=O) groups excluding carboxylic acids is 2. The van der Waals surface area contributed by atoms with E-state index in [2.05, 4.69) is 15.1 Å². The predicted octanol–water partition coefficient (Wildman–Crippen LogP) is 1.85. The van der Waals surface area contributed by atoms with E-state index < -0.39 is 21.8 Å². The molecule has 4 rings (SSSR count). The summed E-state index contributed by atoms with van der Waals surface area (Å²) in [6.07, 6.45) is 0. The zero-order valence-electron chi connectivity index (χ0n) is 15.8. The lowest BCUT2D eigenvalue weighted by molar-refractivity contribution is 0.0879. The molecule has 0 unspecified atom stereocenters. The number of para-hydroxylation sites is 1. The Kier molecular flexibility index (Phi) is 4.56. The van der Waals surface area contributed by atoms with E-state index in [4.69, 9.17) is 0 Å². The maximum Gasteiger partial charge on any atom is 0.258 e. The molecule has 2 heterocycles. The van der Waals surface area contributed by atoms with Gasteiger partial charge in [-0.3, -0.25) is 14.9 Å². The van der Waals surface area contributed by atoms with Gasteiger partial charge < -0.3 is 0 Å². The topological polar surface area (TPSA) is 110 Å². The van der Waals surface area contributed by atoms with Gasteiger partial charge in [-0.15, -0.1) is 0 Å². The third-order valence-electron chi connectivity index (χ3n) is 4.90. The van der Waals surface area contributed by atoms with Crippen LogP contribution in [0.5, 0.6) is 0 Å². The van der Waals surface area contributed by atoms with Crippen molar-refractivity contribution >= 4 is 21.8 Å². The van der Waals surface area contributed by atoms with Crippen LogP contribution < -0.4 is 10.0 Å². The van der Waals surface area contributed by atoms with Crippen LogP contribution in [-0.2, 0) is 16.6 Å². The minimum Gasteiger partial charge on any atom is -0.288 e. The molecule has 0 fully saturated rings. The molecule has 2 aromatic carbocycles. The lowest BCUT2D eigenvalue weighted by Gasteiger charge is -2.09. The number of aryl methyl sites for hydroxylation is 1. The average molecular weight is 410 g/mol. The Morgan fingerprint density at radius 3 is 2.41 bits per heavy atom. The summed E-state index contributed by atoms with van der Waals surface area (Å²) in [5.74, 6) is -1.13. The van der Waals surface area contributed by atoms with Crippen molar-refractivity contribution in [1.29, 1.82) is 0 Å². The third-order valence-corrected chi connectivity index (χ3v) is 6.30. The fourth-order valence-corrected chi connectivity index (χ4v) is 4.34. The first kappa shape index (κ1) is 19.0. The summed E-state index contributed by atoms with van der Waals surface area (Å²) >= 11 is 0. The van der Waals surface area contributed by atoms with Crippen LogP contribution in [0.4, 0.5) is 0 Å². The highest BCUT2D eigenvalue weighted by atomic mass is 32.2. The van der Waals surface area contributed by atoms with Gasteiger partial charge in [0.1, 0.15) is 0 Å². The Balaban J connectivity index is 1.60. The summed E-state index contributed by atoms with van der Waals surface area (Å²) in [6, 6.07) is 13.4. The first-order chi connectivity index (χ1) is 13.8. The van der Waals surface area contributed by atoms with Crippen molar-refractivity contribution in [1.82, 2.24) is 19.8 Å². The molecule has 2 amide bonds. The molecular weight excluding hydrogens is 392 g/mol. The largest absolute Gasteiger partial charge is 0.288 e. The van der Waals surface area contributed by atoms with Crippen molar-refractivity contribution in [2.45, 2.75) is 25.3 Å². The molecule has 8 nitrogen and oxygen atoms in total. The van der Waals surface area contributed by atoms with E-state index in [0.29, 0.717) is 5.69 Å². The van der Waals surface area contributed by atoms with Gasteiger partial charge in [0.15, 0.2) is 0 Å². The van der Waals surface area contributed by atoms with E-state index >= 15 is 0 Å². The minimum absolute atomic E-state index is 0.0506. The summed E-state index contributed by atoms with van der Waals surface area (Å²) < 4.78 is 29.8. The van der Waals surface area contributed by atoms with E-state index in [0.717, 1.165) is 16.9 Å². The number of imide groups is 1. The standard InChI is InChI=1S/C20H18N4O4S/c1-12-18(13(2)24(23-12)14-6-4-3-5-7-14)11-21-29(27,28)15-8-9-16-17(10-15)20(26)22-19(16)25/h3-10,21H,11H2,1-2H3,(H,22,25,26). The monoisotopic (exact) mass is 410 g/mol. The molecule has 148 valence electrons. The molecule has 1 aliphatic heterocycles. The van der Waals surface area contributed by atoms with Crippen LogP contribution in [0.25, 0.3) is 5.69 Å². The lowest BCUT2D eigenvalue weighted by Crippen LogP contribution is -2.24. The summed E-state index contributed by atoms with van der Waals surface area (Å²) in [6.45, 7) is 3.75. The van der Waals surface area contributed by atoms with E-state index in [1.165, 1.54) is 18.2 Å². The van der Waals surface area contributed by atoms with Gasteiger partial charge in [0.2, 0.25) is 10.0 Å². The summed E-state index contributed by atoms with van der Waals surface area (Å²) in [7, 11) is -3.89. The van der Waals surface area contributed by atoms with Crippen molar-refractivity contribution < 1.29 is 18.0 Å². The number of hydrogen-bond acceptors (Lipinski definition) is 5. The number of nitrogens with zero attached hydrogens (tertiary/aromatic N) is 2. The number of carbonyl (C=O) groups is 2. The highest BCUT2D eigenvalue weighted by molar-refractivity contribution is 7.89. The first-order valence-corrected chi connectivity index (χ1v) is 10.4. The van der Waals surface area contributed by atoms with Crippen LogP contribution in [0.3, 0.4) is 0 Å². The molecule has 1 aliphatic rings. The highest BCUT2D eigenvalue weighted by Gasteiger charge is 2.29. The molecule has 0 saturated heterocycles. The summed E-state index contributed by atoms with van der Waals surface area (Å²) in [4.78, 5) is 23.4. The quantitative estimate of drug-likeness (QED) is 0.624. The van der Waals surface area contributed by atoms with Crippen molar-refractivity contribution in [3.8, 4) is 5.69 Å². The van der Waals surface area contributed by atoms with Gasteiger partial charge in [-0.05, 0) is 44.2 Å². The van der Waals surface area contributed by atoms with Crippen molar-refractivity contribution in [2.24, 2.45) is 0 Å². The molecule has 0 bridgehead atoms. The second kappa shape index (κ2) is 6.94. The van der Waals surface area contributed by atoms with E-state index in [9.17, 15) is 18.0 Å². The number of fused-ring (bicyclic) bond motifs is 1. The SMILES string of the molecule is Cc1nn(-c2ccccc2)c(C)c1CNS(=O)(=O)c1ccc2c(c1)C(=O)NC2=O. The second-order valence-electron chi connectivity index (χ2n) is 6.71. The number of benzene rings is 2. The molecule has 0 spiro atoms. The molecule has 0 radical (unpaired) electrons. The molecule has 1 aromatic heterocycles. The van der Waals surface area contributed by atoms with Gasteiger partial charge in [-0.25, -0.2) is 17.8 Å².